The number of benzene rings is 1. The number of carbonyl (C=O) groups is 1. The van der Waals surface area contributed by atoms with Gasteiger partial charge in [0.2, 0.25) is 0 Å². The maximum atomic E-state index is 15.1. The number of rotatable bonds is 3. The van der Waals surface area contributed by atoms with Gasteiger partial charge in [-0.15, -0.1) is 0 Å². The number of ether oxygens (including phenoxy) is 1. The maximum Gasteiger partial charge on any atom is 0.410 e. The molecule has 0 aliphatic carbocycles. The van der Waals surface area contributed by atoms with Crippen LogP contribution in [0, 0.1) is 16.4 Å². The van der Waals surface area contributed by atoms with E-state index in [4.69, 9.17) is 4.74 Å². The average Bonchev–Trinajstić information content (AvgIpc) is 2.86. The lowest BCUT2D eigenvalue weighted by atomic mass is 10.00. The first-order chi connectivity index (χ1) is 12.7. The normalized spacial score (nSPS) is 12.2. The van der Waals surface area contributed by atoms with Gasteiger partial charge in [-0.3, -0.25) is 4.68 Å². The number of hydrogen-bond acceptors (Lipinski definition) is 3. The topological polar surface area (TPSA) is 47.4 Å². The highest BCUT2D eigenvalue weighted by Crippen LogP contribution is 2.32. The monoisotopic (exact) mass is 501 g/mol. The minimum absolute atomic E-state index is 0.267. The van der Waals surface area contributed by atoms with E-state index in [0.29, 0.717) is 11.1 Å². The largest absolute Gasteiger partial charge is 0.444 e. The van der Waals surface area contributed by atoms with Gasteiger partial charge < -0.3 is 9.64 Å². The molecule has 0 bridgehead atoms. The van der Waals surface area contributed by atoms with Crippen LogP contribution in [0.2, 0.25) is 0 Å². The molecule has 2 rings (SSSR count). The molecular weight excluding hydrogens is 472 g/mol. The first kappa shape index (κ1) is 22.6. The summed E-state index contributed by atoms with van der Waals surface area (Å²) in [5, 5.41) is 4.54. The van der Waals surface area contributed by atoms with Gasteiger partial charge >= 0.3 is 6.09 Å². The summed E-state index contributed by atoms with van der Waals surface area (Å²) in [4.78, 5) is 13.6. The first-order valence-corrected chi connectivity index (χ1v) is 10.3. The lowest BCUT2D eigenvalue weighted by molar-refractivity contribution is 0.0285. The fourth-order valence-electron chi connectivity index (χ4n) is 2.95. The molecule has 0 atom stereocenters. The van der Waals surface area contributed by atoms with Crippen LogP contribution in [-0.2, 0) is 16.8 Å². The molecule has 0 N–H and O–H groups in total. The van der Waals surface area contributed by atoms with E-state index in [9.17, 15) is 4.79 Å². The van der Waals surface area contributed by atoms with Crippen molar-refractivity contribution in [2.45, 2.75) is 66.2 Å². The molecule has 154 valence electrons. The van der Waals surface area contributed by atoms with E-state index in [1.54, 1.807) is 7.05 Å². The molecule has 1 heterocycles. The Balaban J connectivity index is 2.36. The molecule has 0 unspecified atom stereocenters. The lowest BCUT2D eigenvalue weighted by Gasteiger charge is -2.25. The molecule has 1 aromatic heterocycles. The molecule has 5 nitrogen and oxygen atoms in total. The summed E-state index contributed by atoms with van der Waals surface area (Å²) >= 11 is 2.14. The summed E-state index contributed by atoms with van der Waals surface area (Å²) in [6, 6.07) is 5.28. The molecule has 0 aliphatic heterocycles. The van der Waals surface area contributed by atoms with E-state index in [0.717, 1.165) is 15.0 Å². The van der Waals surface area contributed by atoms with Gasteiger partial charge in [-0.1, -0.05) is 6.07 Å². The lowest BCUT2D eigenvalue weighted by Crippen LogP contribution is -2.33. The van der Waals surface area contributed by atoms with Crippen molar-refractivity contribution in [3.05, 3.63) is 38.8 Å². The summed E-state index contributed by atoms with van der Waals surface area (Å²) < 4.78 is 23.1. The molecule has 28 heavy (non-hydrogen) atoms. The van der Waals surface area contributed by atoms with Crippen molar-refractivity contribution in [2.75, 3.05) is 7.05 Å². The zero-order chi connectivity index (χ0) is 21.4. The highest BCUT2D eigenvalue weighted by atomic mass is 127. The quantitative estimate of drug-likeness (QED) is 0.506. The smallest absolute Gasteiger partial charge is 0.410 e. The molecule has 7 heteroatoms. The SMILES string of the molecule is Cc1cc(CN(C)C(=O)OC(C)(C)C)cc(F)c1-c1cc(I)nn1C(C)(C)C. The molecule has 0 saturated heterocycles. The Labute approximate surface area is 180 Å². The average molecular weight is 501 g/mol. The zero-order valence-electron chi connectivity index (χ0n) is 17.9. The van der Waals surface area contributed by atoms with Crippen LogP contribution in [0.25, 0.3) is 11.3 Å². The molecule has 1 aromatic carbocycles. The van der Waals surface area contributed by atoms with E-state index in [1.165, 1.54) is 11.0 Å². The molecule has 1 amide bonds. The first-order valence-electron chi connectivity index (χ1n) is 9.18. The van der Waals surface area contributed by atoms with Gasteiger partial charge in [0.15, 0.2) is 0 Å². The van der Waals surface area contributed by atoms with Crippen molar-refractivity contribution < 1.29 is 13.9 Å². The van der Waals surface area contributed by atoms with Crippen molar-refractivity contribution in [1.29, 1.82) is 0 Å². The third-order valence-electron chi connectivity index (χ3n) is 4.04. The van der Waals surface area contributed by atoms with Crippen LogP contribution < -0.4 is 0 Å². The number of aromatic nitrogens is 2. The van der Waals surface area contributed by atoms with Gasteiger partial charge in [-0.2, -0.15) is 5.10 Å². The number of halogens is 2. The molecule has 0 saturated carbocycles. The Morgan fingerprint density at radius 3 is 2.32 bits per heavy atom. The van der Waals surface area contributed by atoms with E-state index >= 15 is 4.39 Å². The van der Waals surface area contributed by atoms with Gasteiger partial charge in [0, 0.05) is 19.2 Å². The number of hydrogen-bond donors (Lipinski definition) is 0. The summed E-state index contributed by atoms with van der Waals surface area (Å²) in [5.41, 5.74) is 1.96. The summed E-state index contributed by atoms with van der Waals surface area (Å²) in [7, 11) is 1.65. The molecule has 0 radical (unpaired) electrons. The molecular formula is C21H29FIN3O2. The number of nitrogens with zero attached hydrogens (tertiary/aromatic N) is 3. The second kappa shape index (κ2) is 8.00. The van der Waals surface area contributed by atoms with E-state index in [1.807, 2.05) is 65.3 Å². The summed E-state index contributed by atoms with van der Waals surface area (Å²) in [5.74, 6) is -0.325. The Morgan fingerprint density at radius 2 is 1.82 bits per heavy atom. The van der Waals surface area contributed by atoms with E-state index in [-0.39, 0.29) is 17.9 Å². The minimum Gasteiger partial charge on any atom is -0.444 e. The summed E-state index contributed by atoms with van der Waals surface area (Å²) in [6.45, 7) is 13.7. The third kappa shape index (κ3) is 5.46. The highest BCUT2D eigenvalue weighted by molar-refractivity contribution is 14.1. The highest BCUT2D eigenvalue weighted by Gasteiger charge is 2.24. The van der Waals surface area contributed by atoms with Crippen LogP contribution in [0.4, 0.5) is 9.18 Å². The van der Waals surface area contributed by atoms with Crippen LogP contribution >= 0.6 is 22.6 Å². The Bertz CT molecular complexity index is 856. The van der Waals surface area contributed by atoms with Crippen molar-refractivity contribution >= 4 is 28.7 Å². The Hall–Kier alpha value is -1.64. The Kier molecular flexibility index (Phi) is 6.47. The minimum atomic E-state index is -0.571. The third-order valence-corrected chi connectivity index (χ3v) is 4.57. The van der Waals surface area contributed by atoms with Crippen LogP contribution in [0.15, 0.2) is 18.2 Å². The van der Waals surface area contributed by atoms with Gasteiger partial charge in [-0.05, 0) is 94.3 Å². The van der Waals surface area contributed by atoms with Crippen molar-refractivity contribution in [1.82, 2.24) is 14.7 Å². The number of carbonyl (C=O) groups excluding carboxylic acids is 1. The van der Waals surface area contributed by atoms with Crippen molar-refractivity contribution in [2.24, 2.45) is 0 Å². The van der Waals surface area contributed by atoms with Crippen LogP contribution in [-0.4, -0.2) is 33.4 Å². The van der Waals surface area contributed by atoms with E-state index in [2.05, 4.69) is 27.7 Å². The standard InChI is InChI=1S/C21H29FIN3O2/c1-13-9-14(12-25(8)19(27)28-21(5,6)7)10-15(22)18(13)16-11-17(23)24-26(16)20(2,3)4/h9-11H,12H2,1-8H3. The Morgan fingerprint density at radius 1 is 1.21 bits per heavy atom. The number of aryl methyl sites for hydroxylation is 1. The van der Waals surface area contributed by atoms with Gasteiger partial charge in [-0.25, -0.2) is 9.18 Å². The van der Waals surface area contributed by atoms with Crippen LogP contribution in [0.1, 0.15) is 52.7 Å². The maximum absolute atomic E-state index is 15.1. The fraction of sp³-hybridized carbons (Fsp3) is 0.524. The second-order valence-corrected chi connectivity index (χ2v) is 10.1. The van der Waals surface area contributed by atoms with Crippen molar-refractivity contribution in [3.63, 3.8) is 0 Å². The molecule has 0 spiro atoms. The number of amides is 1. The predicted molar refractivity (Wildman–Crippen MR) is 118 cm³/mol. The molecule has 0 aliphatic rings. The van der Waals surface area contributed by atoms with Crippen LogP contribution in [0.5, 0.6) is 0 Å². The molecule has 2 aromatic rings. The van der Waals surface area contributed by atoms with Crippen LogP contribution in [0.3, 0.4) is 0 Å². The molecule has 0 fully saturated rings. The van der Waals surface area contributed by atoms with Gasteiger partial charge in [0.1, 0.15) is 15.1 Å². The zero-order valence-corrected chi connectivity index (χ0v) is 20.0. The fourth-order valence-corrected chi connectivity index (χ4v) is 3.46. The predicted octanol–water partition coefficient (Wildman–Crippen LogP) is 5.72. The summed E-state index contributed by atoms with van der Waals surface area (Å²) in [6.07, 6.45) is -0.435. The van der Waals surface area contributed by atoms with E-state index < -0.39 is 11.7 Å². The van der Waals surface area contributed by atoms with Gasteiger partial charge in [0.05, 0.1) is 11.2 Å². The van der Waals surface area contributed by atoms with Gasteiger partial charge in [0.25, 0.3) is 0 Å². The van der Waals surface area contributed by atoms with Crippen molar-refractivity contribution in [3.8, 4) is 11.3 Å². The second-order valence-electron chi connectivity index (χ2n) is 9.04.